The molecular formula is C87H88O6. The van der Waals surface area contributed by atoms with Crippen LogP contribution < -0.4 is 4.74 Å². The molecule has 0 aromatic heterocycles. The van der Waals surface area contributed by atoms with E-state index in [4.69, 9.17) is 4.74 Å². The Labute approximate surface area is 551 Å². The van der Waals surface area contributed by atoms with Crippen molar-refractivity contribution in [1.29, 1.82) is 0 Å². The number of Topliss-reactive ketones (excluding diaryl/α,β-unsaturated/α-hetero) is 5. The summed E-state index contributed by atoms with van der Waals surface area (Å²) in [6.45, 7) is 43.4. The fourth-order valence-electron chi connectivity index (χ4n) is 19.3. The van der Waals surface area contributed by atoms with Crippen LogP contribution in [0.1, 0.15) is 152 Å². The molecule has 0 heterocycles. The highest BCUT2D eigenvalue weighted by Gasteiger charge is 2.56. The van der Waals surface area contributed by atoms with E-state index in [9.17, 15) is 24.0 Å². The number of rotatable bonds is 11. The Bertz CT molecular complexity index is 4110. The van der Waals surface area contributed by atoms with Crippen LogP contribution in [0.25, 0.3) is 10.8 Å². The number of fused-ring (bicyclic) bond motifs is 16. The highest BCUT2D eigenvalue weighted by atomic mass is 16.5. The number of allylic oxidation sites excluding steroid dienone is 10. The number of aryl methyl sites for hydroxylation is 2. The Balaban J connectivity index is 0.000000112. The van der Waals surface area contributed by atoms with Gasteiger partial charge in [-0.25, -0.2) is 0 Å². The Hall–Kier alpha value is -8.87. The summed E-state index contributed by atoms with van der Waals surface area (Å²) in [5.74, 6) is 7.67. The SMILES string of the molecule is C=CC1CC(C=C)C2c3cc(C)ccc3C(=O)C12.C=CC1CC(C=C)C2c3cc(OC)ccc3C(=O)C12.C=CC1CC(C=C)C2c3cc4ccccc4cc3C(=O)C12.C=CC1CC(C=C)C2c3cccc(C)c3C(=O)C12.C=CC1CC(C=C)C2c3ccccc3C(=O)C12. The van der Waals surface area contributed by atoms with E-state index in [1.165, 1.54) is 33.2 Å². The number of carbonyl (C=O) groups is 5. The monoisotopic (exact) mass is 1230 g/mol. The van der Waals surface area contributed by atoms with Crippen LogP contribution in [0.15, 0.2) is 242 Å². The number of hydrogen-bond donors (Lipinski definition) is 0. The fraction of sp³-hybridized carbons (Fsp3) is 0.322. The summed E-state index contributed by atoms with van der Waals surface area (Å²) in [7, 11) is 1.65. The maximum atomic E-state index is 12.9. The summed E-state index contributed by atoms with van der Waals surface area (Å²) in [6.07, 6.45) is 24.8. The standard InChI is InChI=1S/C20H18O.C17H18O2.2C17H18O.C16H16O/c1-3-12-9-13(4-2)19-18(12)16-10-14-7-5-6-8-15(14)11-17(16)20(19)21;1-4-10-8-11(5-2)16-15(10)14-9-12(19-3)6-7-13(14)17(16)18;1-4-11-9-12(5-2)16-15(11)14-8-10(3)6-7-13(14)17(16)18;1-4-11-9-12(5-2)16-15(11)13-8-6-7-10(3)14(13)17(16)18;1-3-10-9-11(4-2)15-14(10)12-7-5-6-8-13(12)16(15)17/h3-8,10-13,18-19H,1-2,9H2;4-7,9-11,15-16H,1-2,8H2,3H3;2*4-8,11-12,15-16H,1-2,9H2,3H3;3-8,10-11,14-15H,1-2,9H2. The number of carbonyl (C=O) groups excluding carboxylic acids is 5. The van der Waals surface area contributed by atoms with Gasteiger partial charge >= 0.3 is 0 Å². The molecule has 5 fully saturated rings. The highest BCUT2D eigenvalue weighted by Crippen LogP contribution is 2.60. The molecule has 0 saturated heterocycles. The maximum absolute atomic E-state index is 12.9. The molecule has 6 aromatic rings. The normalized spacial score (nSPS) is 32.4. The Morgan fingerprint density at radius 1 is 0.312 bits per heavy atom. The minimum Gasteiger partial charge on any atom is -0.497 e. The van der Waals surface area contributed by atoms with Crippen LogP contribution in [0.5, 0.6) is 5.75 Å². The van der Waals surface area contributed by atoms with Crippen LogP contribution in [0.2, 0.25) is 0 Å². The van der Waals surface area contributed by atoms with Crippen molar-refractivity contribution in [2.75, 3.05) is 7.11 Å². The van der Waals surface area contributed by atoms with Gasteiger partial charge in [-0.15, -0.1) is 65.8 Å². The van der Waals surface area contributed by atoms with Gasteiger partial charge in [-0.05, 0) is 174 Å². The van der Waals surface area contributed by atoms with Gasteiger partial charge in [0.15, 0.2) is 28.9 Å². The fourth-order valence-corrected chi connectivity index (χ4v) is 19.3. The molecule has 10 aliphatic rings. The van der Waals surface area contributed by atoms with E-state index in [-0.39, 0.29) is 59.0 Å². The molecule has 0 bridgehead atoms. The first-order valence-electron chi connectivity index (χ1n) is 33.5. The van der Waals surface area contributed by atoms with Crippen molar-refractivity contribution in [3.05, 3.63) is 309 Å². The molecule has 0 aliphatic heterocycles. The predicted octanol–water partition coefficient (Wildman–Crippen LogP) is 19.7. The molecule has 20 unspecified atom stereocenters. The van der Waals surface area contributed by atoms with E-state index >= 15 is 0 Å². The van der Waals surface area contributed by atoms with Crippen LogP contribution >= 0.6 is 0 Å². The third-order valence-electron chi connectivity index (χ3n) is 23.6. The maximum Gasteiger partial charge on any atom is 0.167 e. The second kappa shape index (κ2) is 26.3. The second-order valence-corrected chi connectivity index (χ2v) is 27.7. The topological polar surface area (TPSA) is 94.6 Å². The molecule has 5 saturated carbocycles. The number of ketones is 5. The van der Waals surface area contributed by atoms with E-state index in [2.05, 4.69) is 127 Å². The van der Waals surface area contributed by atoms with E-state index in [0.29, 0.717) is 88.2 Å². The highest BCUT2D eigenvalue weighted by molar-refractivity contribution is 6.08. The largest absolute Gasteiger partial charge is 0.497 e. The first-order chi connectivity index (χ1) is 45.1. The molecule has 6 aromatic carbocycles. The van der Waals surface area contributed by atoms with E-state index in [0.717, 1.165) is 82.2 Å². The molecule has 0 N–H and O–H groups in total. The van der Waals surface area contributed by atoms with Gasteiger partial charge in [-0.1, -0.05) is 157 Å². The Morgan fingerprint density at radius 2 is 0.645 bits per heavy atom. The summed E-state index contributed by atoms with van der Waals surface area (Å²) >= 11 is 0. The number of methoxy groups -OCH3 is 1. The summed E-state index contributed by atoms with van der Waals surface area (Å²) in [5.41, 5.74) is 13.0. The van der Waals surface area contributed by atoms with Gasteiger partial charge in [0, 0.05) is 87.0 Å². The third kappa shape index (κ3) is 10.6. The lowest BCUT2D eigenvalue weighted by molar-refractivity contribution is 0.0905. The summed E-state index contributed by atoms with van der Waals surface area (Å²) < 4.78 is 5.29. The van der Waals surface area contributed by atoms with Gasteiger partial charge in [-0.2, -0.15) is 0 Å². The minimum absolute atomic E-state index is 0.0441. The van der Waals surface area contributed by atoms with Gasteiger partial charge < -0.3 is 4.74 Å². The molecule has 6 nitrogen and oxygen atoms in total. The van der Waals surface area contributed by atoms with Crippen LogP contribution in [-0.4, -0.2) is 36.0 Å². The van der Waals surface area contributed by atoms with Gasteiger partial charge in [-0.3, -0.25) is 24.0 Å². The number of ether oxygens (including phenoxy) is 1. The van der Waals surface area contributed by atoms with Gasteiger partial charge in [0.05, 0.1) is 7.11 Å². The summed E-state index contributed by atoms with van der Waals surface area (Å²) in [4.78, 5) is 63.1. The average Bonchev–Trinajstić information content (AvgIpc) is 1.63. The zero-order valence-electron chi connectivity index (χ0n) is 54.3. The van der Waals surface area contributed by atoms with Crippen LogP contribution in [0, 0.1) is 103 Å². The van der Waals surface area contributed by atoms with E-state index < -0.39 is 0 Å². The van der Waals surface area contributed by atoms with Crippen molar-refractivity contribution >= 4 is 39.7 Å². The predicted molar refractivity (Wildman–Crippen MR) is 379 cm³/mol. The first kappa shape index (κ1) is 64.2. The summed E-state index contributed by atoms with van der Waals surface area (Å²) in [5, 5.41) is 2.37. The van der Waals surface area contributed by atoms with Gasteiger partial charge in [0.25, 0.3) is 0 Å². The lowest BCUT2D eigenvalue weighted by Gasteiger charge is -2.16. The molecule has 0 amide bonds. The van der Waals surface area contributed by atoms with Crippen molar-refractivity contribution in [2.45, 2.75) is 75.5 Å². The number of hydrogen-bond acceptors (Lipinski definition) is 6. The average molecular weight is 1230 g/mol. The van der Waals surface area contributed by atoms with Gasteiger partial charge in [0.1, 0.15) is 5.75 Å². The molecule has 16 rings (SSSR count). The quantitative estimate of drug-likeness (QED) is 0.120. The lowest BCUT2D eigenvalue weighted by atomic mass is 9.86. The molecule has 10 aliphatic carbocycles. The molecule has 472 valence electrons. The molecule has 93 heavy (non-hydrogen) atoms. The first-order valence-corrected chi connectivity index (χ1v) is 33.5. The van der Waals surface area contributed by atoms with Crippen molar-refractivity contribution in [3.63, 3.8) is 0 Å². The van der Waals surface area contributed by atoms with Crippen LogP contribution in [0.4, 0.5) is 0 Å². The van der Waals surface area contributed by atoms with Crippen molar-refractivity contribution in [2.24, 2.45) is 88.8 Å². The molecule has 0 spiro atoms. The summed E-state index contributed by atoms with van der Waals surface area (Å²) in [6, 6.07) is 38.8. The molecule has 6 heteroatoms. The Morgan fingerprint density at radius 3 is 1.10 bits per heavy atom. The smallest absolute Gasteiger partial charge is 0.167 e. The third-order valence-corrected chi connectivity index (χ3v) is 23.6. The molecular weight excluding hydrogens is 1140 g/mol. The van der Waals surface area contributed by atoms with Crippen LogP contribution in [-0.2, 0) is 0 Å². The molecule has 20 atom stereocenters. The molecule has 0 radical (unpaired) electrons. The lowest BCUT2D eigenvalue weighted by Crippen LogP contribution is -2.16. The van der Waals surface area contributed by atoms with E-state index in [1.54, 1.807) is 7.11 Å². The van der Waals surface area contributed by atoms with Gasteiger partial charge in [0.2, 0.25) is 0 Å². The second-order valence-electron chi connectivity index (χ2n) is 27.7. The number of benzene rings is 6. The zero-order chi connectivity index (χ0) is 65.8. The van der Waals surface area contributed by atoms with Crippen molar-refractivity contribution in [1.82, 2.24) is 0 Å². The van der Waals surface area contributed by atoms with Crippen molar-refractivity contribution in [3.8, 4) is 5.75 Å². The van der Waals surface area contributed by atoms with E-state index in [1.807, 2.05) is 128 Å². The van der Waals surface area contributed by atoms with Crippen molar-refractivity contribution < 1.29 is 28.7 Å². The Kier molecular flexibility index (Phi) is 18.1. The minimum atomic E-state index is 0.0441. The zero-order valence-corrected chi connectivity index (χ0v) is 54.3. The van der Waals surface area contributed by atoms with Crippen LogP contribution in [0.3, 0.4) is 0 Å².